The molecule has 0 spiro atoms. The van der Waals surface area contributed by atoms with Gasteiger partial charge in [-0.2, -0.15) is 0 Å². The highest BCUT2D eigenvalue weighted by atomic mass is 16.7. The molecule has 4 amide bonds. The van der Waals surface area contributed by atoms with Crippen LogP contribution in [-0.4, -0.2) is 43.2 Å². The SMILES string of the molecule is CCc1ccccc1NC(=O)CN1C(=O)N/C(=C/c2cc(OC)c3c(c2)OCO3)C1=O. The number of anilines is 1. The van der Waals surface area contributed by atoms with Crippen molar-refractivity contribution in [3.63, 3.8) is 0 Å². The van der Waals surface area contributed by atoms with Gasteiger partial charge in [-0.1, -0.05) is 25.1 Å². The Morgan fingerprint density at radius 3 is 2.84 bits per heavy atom. The molecule has 2 aliphatic rings. The normalized spacial score (nSPS) is 15.9. The molecule has 1 saturated heterocycles. The molecule has 0 saturated carbocycles. The molecule has 0 aliphatic carbocycles. The van der Waals surface area contributed by atoms with Crippen LogP contribution in [-0.2, 0) is 16.0 Å². The van der Waals surface area contributed by atoms with Crippen molar-refractivity contribution in [3.8, 4) is 17.2 Å². The monoisotopic (exact) mass is 423 g/mol. The number of fused-ring (bicyclic) bond motifs is 1. The molecule has 2 N–H and O–H groups in total. The highest BCUT2D eigenvalue weighted by Gasteiger charge is 2.35. The van der Waals surface area contributed by atoms with Gasteiger partial charge in [-0.05, 0) is 41.8 Å². The van der Waals surface area contributed by atoms with Crippen molar-refractivity contribution in [2.45, 2.75) is 13.3 Å². The lowest BCUT2D eigenvalue weighted by molar-refractivity contribution is -0.127. The van der Waals surface area contributed by atoms with Crippen molar-refractivity contribution in [1.29, 1.82) is 0 Å². The van der Waals surface area contributed by atoms with Gasteiger partial charge in [0.15, 0.2) is 11.5 Å². The van der Waals surface area contributed by atoms with Crippen LogP contribution < -0.4 is 24.8 Å². The number of nitrogens with zero attached hydrogens (tertiary/aromatic N) is 1. The fourth-order valence-electron chi connectivity index (χ4n) is 3.40. The second kappa shape index (κ2) is 8.39. The minimum atomic E-state index is -0.664. The summed E-state index contributed by atoms with van der Waals surface area (Å²) in [7, 11) is 1.49. The Bertz CT molecular complexity index is 1090. The number of urea groups is 1. The summed E-state index contributed by atoms with van der Waals surface area (Å²) in [5.41, 5.74) is 2.25. The molecule has 2 heterocycles. The van der Waals surface area contributed by atoms with Gasteiger partial charge in [0.25, 0.3) is 5.91 Å². The van der Waals surface area contributed by atoms with E-state index in [1.165, 1.54) is 13.2 Å². The molecule has 2 aromatic rings. The highest BCUT2D eigenvalue weighted by Crippen LogP contribution is 2.42. The molecule has 0 atom stereocenters. The van der Waals surface area contributed by atoms with Gasteiger partial charge in [0, 0.05) is 5.69 Å². The molecular formula is C22H21N3O6. The van der Waals surface area contributed by atoms with Crippen molar-refractivity contribution in [2.24, 2.45) is 0 Å². The zero-order valence-corrected chi connectivity index (χ0v) is 17.1. The minimum absolute atomic E-state index is 0.0488. The van der Waals surface area contributed by atoms with Gasteiger partial charge in [-0.25, -0.2) is 9.69 Å². The van der Waals surface area contributed by atoms with E-state index in [0.29, 0.717) is 28.5 Å². The quantitative estimate of drug-likeness (QED) is 0.546. The summed E-state index contributed by atoms with van der Waals surface area (Å²) in [5.74, 6) is 0.353. The van der Waals surface area contributed by atoms with Crippen LogP contribution in [0.1, 0.15) is 18.1 Å². The van der Waals surface area contributed by atoms with Crippen molar-refractivity contribution in [1.82, 2.24) is 10.2 Å². The van der Waals surface area contributed by atoms with Crippen LogP contribution in [0.5, 0.6) is 17.2 Å². The van der Waals surface area contributed by atoms with Crippen molar-refractivity contribution < 1.29 is 28.6 Å². The molecule has 0 unspecified atom stereocenters. The number of carbonyl (C=O) groups excluding carboxylic acids is 3. The molecule has 160 valence electrons. The smallest absolute Gasteiger partial charge is 0.329 e. The summed E-state index contributed by atoms with van der Waals surface area (Å²) < 4.78 is 16.0. The first kappa shape index (κ1) is 20.3. The van der Waals surface area contributed by atoms with E-state index in [1.807, 2.05) is 25.1 Å². The summed E-state index contributed by atoms with van der Waals surface area (Å²) in [6, 6.07) is 10.1. The molecule has 31 heavy (non-hydrogen) atoms. The number of carbonyl (C=O) groups is 3. The van der Waals surface area contributed by atoms with Crippen molar-refractivity contribution in [2.75, 3.05) is 25.8 Å². The number of imide groups is 1. The molecule has 1 fully saturated rings. The predicted molar refractivity (Wildman–Crippen MR) is 112 cm³/mol. The lowest BCUT2D eigenvalue weighted by Gasteiger charge is -2.13. The van der Waals surface area contributed by atoms with Gasteiger partial charge in [-0.3, -0.25) is 9.59 Å². The lowest BCUT2D eigenvalue weighted by Crippen LogP contribution is -2.38. The summed E-state index contributed by atoms with van der Waals surface area (Å²) in [6.45, 7) is 1.65. The number of benzene rings is 2. The molecule has 0 aromatic heterocycles. The predicted octanol–water partition coefficient (Wildman–Crippen LogP) is 2.52. The number of hydrogen-bond donors (Lipinski definition) is 2. The third-order valence-corrected chi connectivity index (χ3v) is 4.93. The van der Waals surface area contributed by atoms with E-state index in [-0.39, 0.29) is 12.5 Å². The Morgan fingerprint density at radius 2 is 2.06 bits per heavy atom. The average Bonchev–Trinajstić information content (AvgIpc) is 3.34. The number of ether oxygens (including phenoxy) is 3. The van der Waals surface area contributed by atoms with Crippen molar-refractivity contribution in [3.05, 3.63) is 53.2 Å². The van der Waals surface area contributed by atoms with Crippen LogP contribution in [0, 0.1) is 0 Å². The zero-order chi connectivity index (χ0) is 22.0. The number of nitrogens with one attached hydrogen (secondary N) is 2. The Morgan fingerprint density at radius 1 is 1.26 bits per heavy atom. The fraction of sp³-hybridized carbons (Fsp3) is 0.227. The van der Waals surface area contributed by atoms with Crippen LogP contribution in [0.2, 0.25) is 0 Å². The van der Waals surface area contributed by atoms with Crippen LogP contribution in [0.15, 0.2) is 42.1 Å². The molecule has 2 aliphatic heterocycles. The highest BCUT2D eigenvalue weighted by molar-refractivity contribution is 6.16. The second-order valence-corrected chi connectivity index (χ2v) is 6.90. The average molecular weight is 423 g/mol. The molecule has 4 rings (SSSR count). The molecule has 9 heteroatoms. The fourth-order valence-corrected chi connectivity index (χ4v) is 3.40. The third-order valence-electron chi connectivity index (χ3n) is 4.93. The Kier molecular flexibility index (Phi) is 5.48. The first-order valence-electron chi connectivity index (χ1n) is 9.70. The maximum Gasteiger partial charge on any atom is 0.329 e. The van der Waals surface area contributed by atoms with Gasteiger partial charge in [0.1, 0.15) is 12.2 Å². The van der Waals surface area contributed by atoms with Gasteiger partial charge >= 0.3 is 6.03 Å². The molecular weight excluding hydrogens is 402 g/mol. The maximum atomic E-state index is 12.7. The van der Waals surface area contributed by atoms with E-state index in [1.54, 1.807) is 18.2 Å². The van der Waals surface area contributed by atoms with Gasteiger partial charge in [0.2, 0.25) is 18.4 Å². The number of rotatable bonds is 6. The summed E-state index contributed by atoms with van der Waals surface area (Å²) >= 11 is 0. The van der Waals surface area contributed by atoms with Crippen LogP contribution in [0.25, 0.3) is 6.08 Å². The van der Waals surface area contributed by atoms with Crippen LogP contribution >= 0.6 is 0 Å². The first-order chi connectivity index (χ1) is 15.0. The number of methoxy groups -OCH3 is 1. The van der Waals surface area contributed by atoms with E-state index in [4.69, 9.17) is 14.2 Å². The second-order valence-electron chi connectivity index (χ2n) is 6.90. The largest absolute Gasteiger partial charge is 0.493 e. The molecule has 0 radical (unpaired) electrons. The first-order valence-corrected chi connectivity index (χ1v) is 9.70. The Balaban J connectivity index is 1.50. The van der Waals surface area contributed by atoms with E-state index in [0.717, 1.165) is 16.9 Å². The summed E-state index contributed by atoms with van der Waals surface area (Å²) in [4.78, 5) is 38.4. The van der Waals surface area contributed by atoms with Crippen LogP contribution in [0.3, 0.4) is 0 Å². The standard InChI is InChI=1S/C22H21N3O6/c1-3-14-6-4-5-7-15(14)23-19(26)11-25-21(27)16(24-22(25)28)8-13-9-17(29-2)20-18(10-13)30-12-31-20/h4-10H,3,11-12H2,1-2H3,(H,23,26)(H,24,28)/b16-8+. The number of aryl methyl sites for hydroxylation is 1. The van der Waals surface area contributed by atoms with E-state index < -0.39 is 24.4 Å². The Hall–Kier alpha value is -4.01. The van der Waals surface area contributed by atoms with E-state index in [2.05, 4.69) is 10.6 Å². The van der Waals surface area contributed by atoms with Gasteiger partial charge in [-0.15, -0.1) is 0 Å². The Labute approximate surface area is 178 Å². The maximum absolute atomic E-state index is 12.7. The molecule has 2 aromatic carbocycles. The lowest BCUT2D eigenvalue weighted by atomic mass is 10.1. The third kappa shape index (κ3) is 4.02. The van der Waals surface area contributed by atoms with Gasteiger partial charge < -0.3 is 24.8 Å². The topological polar surface area (TPSA) is 106 Å². The van der Waals surface area contributed by atoms with Crippen LogP contribution in [0.4, 0.5) is 10.5 Å². The minimum Gasteiger partial charge on any atom is -0.493 e. The number of hydrogen-bond acceptors (Lipinski definition) is 6. The van der Waals surface area contributed by atoms with E-state index >= 15 is 0 Å². The number of amides is 4. The zero-order valence-electron chi connectivity index (χ0n) is 17.1. The van der Waals surface area contributed by atoms with Gasteiger partial charge in [0.05, 0.1) is 7.11 Å². The summed E-state index contributed by atoms with van der Waals surface area (Å²) in [6.07, 6.45) is 2.24. The van der Waals surface area contributed by atoms with Crippen molar-refractivity contribution >= 4 is 29.6 Å². The summed E-state index contributed by atoms with van der Waals surface area (Å²) in [5, 5.41) is 5.26. The number of para-hydroxylation sites is 1. The molecule has 0 bridgehead atoms. The molecule has 9 nitrogen and oxygen atoms in total. The van der Waals surface area contributed by atoms with E-state index in [9.17, 15) is 14.4 Å².